The van der Waals surface area contributed by atoms with E-state index in [0.29, 0.717) is 16.7 Å². The van der Waals surface area contributed by atoms with Crippen LogP contribution in [-0.2, 0) is 4.74 Å². The smallest absolute Gasteiger partial charge is 0.356 e. The molecule has 98 valence electrons. The number of rotatable bonds is 4. The van der Waals surface area contributed by atoms with Crippen LogP contribution in [0.5, 0.6) is 5.75 Å². The predicted octanol–water partition coefficient (Wildman–Crippen LogP) is 2.73. The van der Waals surface area contributed by atoms with Crippen molar-refractivity contribution in [3.05, 3.63) is 48.4 Å². The van der Waals surface area contributed by atoms with Crippen LogP contribution in [-0.4, -0.2) is 24.7 Å². The topological polar surface area (TPSA) is 48.4 Å². The lowest BCUT2D eigenvalue weighted by Crippen LogP contribution is -2.06. The Hall–Kier alpha value is -2.43. The van der Waals surface area contributed by atoms with Crippen LogP contribution in [0, 0.1) is 5.82 Å². The zero-order valence-electron chi connectivity index (χ0n) is 10.4. The predicted molar refractivity (Wildman–Crippen MR) is 68.7 cm³/mol. The van der Waals surface area contributed by atoms with Gasteiger partial charge in [-0.25, -0.2) is 14.2 Å². The molecule has 0 radical (unpaired) electrons. The lowest BCUT2D eigenvalue weighted by Gasteiger charge is -2.09. The third-order valence-electron chi connectivity index (χ3n) is 2.48. The minimum Gasteiger partial charge on any atom is -0.489 e. The van der Waals surface area contributed by atoms with E-state index in [0.717, 1.165) is 0 Å². The van der Waals surface area contributed by atoms with Crippen molar-refractivity contribution in [1.82, 2.24) is 4.98 Å². The maximum absolute atomic E-state index is 13.3. The van der Waals surface area contributed by atoms with Gasteiger partial charge >= 0.3 is 5.97 Å². The van der Waals surface area contributed by atoms with Gasteiger partial charge in [0.1, 0.15) is 18.2 Å². The van der Waals surface area contributed by atoms with Crippen molar-refractivity contribution >= 4 is 16.9 Å². The fourth-order valence-corrected chi connectivity index (χ4v) is 1.64. The van der Waals surface area contributed by atoms with Gasteiger partial charge < -0.3 is 9.47 Å². The Morgan fingerprint density at radius 2 is 2.26 bits per heavy atom. The molecule has 0 aliphatic heterocycles. The second kappa shape index (κ2) is 5.48. The van der Waals surface area contributed by atoms with Crippen molar-refractivity contribution in [2.45, 2.75) is 0 Å². The molecule has 0 atom stereocenters. The Morgan fingerprint density at radius 1 is 1.47 bits per heavy atom. The number of pyridine rings is 1. The van der Waals surface area contributed by atoms with E-state index in [2.05, 4.69) is 16.3 Å². The normalized spacial score (nSPS) is 10.2. The molecule has 0 fully saturated rings. The second-order valence-corrected chi connectivity index (χ2v) is 3.76. The minimum absolute atomic E-state index is 0.112. The van der Waals surface area contributed by atoms with E-state index < -0.39 is 11.8 Å². The highest BCUT2D eigenvalue weighted by Crippen LogP contribution is 2.26. The van der Waals surface area contributed by atoms with Gasteiger partial charge in [-0.05, 0) is 18.2 Å². The lowest BCUT2D eigenvalue weighted by molar-refractivity contribution is 0.0594. The van der Waals surface area contributed by atoms with Gasteiger partial charge in [0.05, 0.1) is 12.6 Å². The number of halogens is 1. The molecule has 0 unspecified atom stereocenters. The van der Waals surface area contributed by atoms with E-state index in [-0.39, 0.29) is 12.3 Å². The number of esters is 1. The van der Waals surface area contributed by atoms with Crippen LogP contribution < -0.4 is 4.74 Å². The number of fused-ring (bicyclic) bond motifs is 1. The Balaban J connectivity index is 2.61. The Kier molecular flexibility index (Phi) is 3.75. The SMILES string of the molecule is C=CCOc1cc(C(=O)OC)nc2ccc(F)cc12. The van der Waals surface area contributed by atoms with Crippen molar-refractivity contribution in [2.75, 3.05) is 13.7 Å². The van der Waals surface area contributed by atoms with Crippen molar-refractivity contribution in [2.24, 2.45) is 0 Å². The molecule has 19 heavy (non-hydrogen) atoms. The first-order valence-electron chi connectivity index (χ1n) is 5.58. The van der Waals surface area contributed by atoms with Crippen molar-refractivity contribution in [1.29, 1.82) is 0 Å². The fraction of sp³-hybridized carbons (Fsp3) is 0.143. The molecule has 0 bridgehead atoms. The van der Waals surface area contributed by atoms with Gasteiger partial charge in [-0.1, -0.05) is 12.7 Å². The monoisotopic (exact) mass is 261 g/mol. The average Bonchev–Trinajstić information content (AvgIpc) is 2.43. The van der Waals surface area contributed by atoms with Crippen molar-refractivity contribution in [3.8, 4) is 5.75 Å². The van der Waals surface area contributed by atoms with E-state index in [4.69, 9.17) is 4.74 Å². The molecule has 1 aromatic carbocycles. The number of carbonyl (C=O) groups is 1. The zero-order valence-corrected chi connectivity index (χ0v) is 10.4. The van der Waals surface area contributed by atoms with Gasteiger partial charge in [0.15, 0.2) is 5.69 Å². The number of methoxy groups -OCH3 is 1. The summed E-state index contributed by atoms with van der Waals surface area (Å²) in [5.74, 6) is -0.608. The Bertz CT molecular complexity index is 640. The summed E-state index contributed by atoms with van der Waals surface area (Å²) in [5.41, 5.74) is 0.573. The van der Waals surface area contributed by atoms with Crippen LogP contribution in [0.25, 0.3) is 10.9 Å². The molecule has 0 amide bonds. The minimum atomic E-state index is -0.574. The van der Waals surface area contributed by atoms with Gasteiger partial charge in [-0.3, -0.25) is 0 Å². The number of nitrogens with zero attached hydrogens (tertiary/aromatic N) is 1. The first-order valence-corrected chi connectivity index (χ1v) is 5.58. The first-order chi connectivity index (χ1) is 9.15. The second-order valence-electron chi connectivity index (χ2n) is 3.76. The van der Waals surface area contributed by atoms with Gasteiger partial charge in [0.2, 0.25) is 0 Å². The highest BCUT2D eigenvalue weighted by Gasteiger charge is 2.13. The molecule has 1 aromatic heterocycles. The number of hydrogen-bond acceptors (Lipinski definition) is 4. The maximum atomic E-state index is 13.3. The summed E-state index contributed by atoms with van der Waals surface area (Å²) >= 11 is 0. The maximum Gasteiger partial charge on any atom is 0.356 e. The molecule has 2 aromatic rings. The van der Waals surface area contributed by atoms with Crippen LogP contribution in [0.4, 0.5) is 4.39 Å². The van der Waals surface area contributed by atoms with Gasteiger partial charge in [-0.15, -0.1) is 0 Å². The highest BCUT2D eigenvalue weighted by atomic mass is 19.1. The Morgan fingerprint density at radius 3 is 2.95 bits per heavy atom. The molecule has 2 rings (SSSR count). The summed E-state index contributed by atoms with van der Waals surface area (Å²) in [7, 11) is 1.27. The van der Waals surface area contributed by atoms with Crippen molar-refractivity contribution in [3.63, 3.8) is 0 Å². The summed E-state index contributed by atoms with van der Waals surface area (Å²) in [6.45, 7) is 3.79. The molecule has 4 nitrogen and oxygen atoms in total. The molecular weight excluding hydrogens is 249 g/mol. The average molecular weight is 261 g/mol. The summed E-state index contributed by atoms with van der Waals surface area (Å²) in [6.07, 6.45) is 1.56. The fourth-order valence-electron chi connectivity index (χ4n) is 1.64. The van der Waals surface area contributed by atoms with E-state index in [1.807, 2.05) is 0 Å². The summed E-state index contributed by atoms with van der Waals surface area (Å²) in [4.78, 5) is 15.6. The van der Waals surface area contributed by atoms with Gasteiger partial charge in [0, 0.05) is 11.5 Å². The van der Waals surface area contributed by atoms with E-state index >= 15 is 0 Å². The van der Waals surface area contributed by atoms with E-state index in [9.17, 15) is 9.18 Å². The number of aromatic nitrogens is 1. The zero-order chi connectivity index (χ0) is 13.8. The molecule has 0 aliphatic carbocycles. The number of hydrogen-bond donors (Lipinski definition) is 0. The van der Waals surface area contributed by atoms with Crippen LogP contribution in [0.1, 0.15) is 10.5 Å². The van der Waals surface area contributed by atoms with Crippen LogP contribution in [0.15, 0.2) is 36.9 Å². The summed E-state index contributed by atoms with van der Waals surface area (Å²) < 4.78 is 23.3. The number of ether oxygens (including phenoxy) is 2. The third-order valence-corrected chi connectivity index (χ3v) is 2.48. The number of carbonyl (C=O) groups excluding carboxylic acids is 1. The molecule has 1 heterocycles. The summed E-state index contributed by atoms with van der Waals surface area (Å²) in [6, 6.07) is 5.49. The van der Waals surface area contributed by atoms with Gasteiger partial charge in [0.25, 0.3) is 0 Å². The lowest BCUT2D eigenvalue weighted by atomic mass is 10.1. The van der Waals surface area contributed by atoms with Crippen LogP contribution in [0.2, 0.25) is 0 Å². The molecule has 0 spiro atoms. The molecular formula is C14H12FNO3. The molecule has 0 aliphatic rings. The quantitative estimate of drug-likeness (QED) is 0.627. The number of benzene rings is 1. The van der Waals surface area contributed by atoms with E-state index in [1.165, 1.54) is 31.4 Å². The third kappa shape index (κ3) is 2.70. The highest BCUT2D eigenvalue weighted by molar-refractivity contribution is 5.94. The first kappa shape index (κ1) is 13.0. The van der Waals surface area contributed by atoms with Crippen LogP contribution in [0.3, 0.4) is 0 Å². The van der Waals surface area contributed by atoms with Crippen LogP contribution >= 0.6 is 0 Å². The molecule has 0 saturated heterocycles. The molecule has 0 saturated carbocycles. The Labute approximate surface area is 109 Å². The van der Waals surface area contributed by atoms with Gasteiger partial charge in [-0.2, -0.15) is 0 Å². The molecule has 0 N–H and O–H groups in total. The van der Waals surface area contributed by atoms with E-state index in [1.54, 1.807) is 6.08 Å². The molecule has 5 heteroatoms. The van der Waals surface area contributed by atoms with Crippen molar-refractivity contribution < 1.29 is 18.7 Å². The standard InChI is InChI=1S/C14H12FNO3/c1-3-6-19-13-8-12(14(17)18-2)16-11-5-4-9(15)7-10(11)13/h3-5,7-8H,1,6H2,2H3. The summed E-state index contributed by atoms with van der Waals surface area (Å²) in [5, 5.41) is 0.495. The largest absolute Gasteiger partial charge is 0.489 e.